The largest absolute Gasteiger partial charge is 0.317 e. The third-order valence-corrected chi connectivity index (χ3v) is 6.36. The highest BCUT2D eigenvalue weighted by atomic mass is 31.1. The molecule has 0 aliphatic carbocycles. The summed E-state index contributed by atoms with van der Waals surface area (Å²) in [7, 11) is -2.12. The van der Waals surface area contributed by atoms with Crippen molar-refractivity contribution in [2.45, 2.75) is 0 Å². The normalized spacial score (nSPS) is 11.0. The molecule has 28 heavy (non-hydrogen) atoms. The van der Waals surface area contributed by atoms with Gasteiger partial charge < -0.3 is 4.57 Å². The molecule has 0 aliphatic rings. The Hall–Kier alpha value is -3.03. The first-order chi connectivity index (χ1) is 13.6. The van der Waals surface area contributed by atoms with E-state index in [-0.39, 0.29) is 11.6 Å². The van der Waals surface area contributed by atoms with Gasteiger partial charge >= 0.3 is 0 Å². The zero-order valence-corrected chi connectivity index (χ0v) is 15.9. The molecule has 0 saturated heterocycles. The van der Waals surface area contributed by atoms with Crippen molar-refractivity contribution in [3.63, 3.8) is 0 Å². The van der Waals surface area contributed by atoms with E-state index >= 15 is 0 Å². The molecule has 0 spiro atoms. The first-order valence-corrected chi connectivity index (χ1v) is 10.3. The van der Waals surface area contributed by atoms with E-state index in [9.17, 15) is 13.3 Å². The highest BCUT2D eigenvalue weighted by molar-refractivity contribution is 7.61. The van der Waals surface area contributed by atoms with Gasteiger partial charge in [0.1, 0.15) is 19.4 Å². The average molecular weight is 390 g/mol. The van der Waals surface area contributed by atoms with E-state index in [0.29, 0.717) is 0 Å². The van der Waals surface area contributed by atoms with Gasteiger partial charge in [0.15, 0.2) is 0 Å². The van der Waals surface area contributed by atoms with Gasteiger partial charge in [0.05, 0.1) is 0 Å². The summed E-state index contributed by atoms with van der Waals surface area (Å²) in [5.74, 6) is -0.538. The number of halogens is 2. The predicted molar refractivity (Wildman–Crippen MR) is 112 cm³/mol. The maximum absolute atomic E-state index is 13.1. The topological polar surface area (TPSA) is 17.1 Å². The molecular weight excluding hydrogens is 373 g/mol. The van der Waals surface area contributed by atoms with E-state index in [2.05, 4.69) is 0 Å². The Morgan fingerprint density at radius 3 is 0.964 bits per heavy atom. The van der Waals surface area contributed by atoms with E-state index in [1.807, 2.05) is 48.5 Å². The monoisotopic (exact) mass is 390 g/mol. The lowest BCUT2D eigenvalue weighted by molar-refractivity contribution is 0.598. The summed E-state index contributed by atoms with van der Waals surface area (Å²) in [5, 5.41) is 1.54. The number of hydrogen-bond acceptors (Lipinski definition) is 1. The third kappa shape index (κ3) is 3.95. The second kappa shape index (κ2) is 7.92. The molecule has 1 nitrogen and oxygen atoms in total. The van der Waals surface area contributed by atoms with Crippen LogP contribution < -0.4 is 10.6 Å². The van der Waals surface area contributed by atoms with Crippen molar-refractivity contribution in [1.82, 2.24) is 0 Å². The molecule has 0 amide bonds. The highest BCUT2D eigenvalue weighted by Crippen LogP contribution is 2.25. The van der Waals surface area contributed by atoms with Crippen molar-refractivity contribution in [3.8, 4) is 22.3 Å². The van der Waals surface area contributed by atoms with Crippen LogP contribution in [0.4, 0.5) is 8.78 Å². The van der Waals surface area contributed by atoms with Crippen LogP contribution in [0, 0.1) is 11.6 Å². The minimum absolute atomic E-state index is 0.269. The second-order valence-corrected chi connectivity index (χ2v) is 8.31. The SMILES string of the molecule is O=[PH](c1ccc(-c2ccc(F)cc2)cc1)c1ccc(-c2ccc(F)cc2)cc1. The van der Waals surface area contributed by atoms with Crippen LogP contribution in [-0.4, -0.2) is 0 Å². The number of benzene rings is 4. The Bertz CT molecular complexity index is 1010. The molecule has 0 radical (unpaired) electrons. The maximum Gasteiger partial charge on any atom is 0.131 e. The lowest BCUT2D eigenvalue weighted by Gasteiger charge is -2.07. The maximum atomic E-state index is 13.1. The molecule has 0 aromatic heterocycles. The molecular formula is C24H17F2OP. The van der Waals surface area contributed by atoms with Crippen LogP contribution in [0.25, 0.3) is 22.3 Å². The van der Waals surface area contributed by atoms with Crippen molar-refractivity contribution in [3.05, 3.63) is 109 Å². The summed E-state index contributed by atoms with van der Waals surface area (Å²) < 4.78 is 39.0. The van der Waals surface area contributed by atoms with Gasteiger partial charge in [0, 0.05) is 10.6 Å². The van der Waals surface area contributed by atoms with Crippen LogP contribution in [0.1, 0.15) is 0 Å². The van der Waals surface area contributed by atoms with Gasteiger partial charge in [-0.2, -0.15) is 0 Å². The molecule has 0 fully saturated rings. The summed E-state index contributed by atoms with van der Waals surface area (Å²) >= 11 is 0. The Morgan fingerprint density at radius 1 is 0.429 bits per heavy atom. The molecule has 0 aliphatic heterocycles. The predicted octanol–water partition coefficient (Wildman–Crippen LogP) is 5.81. The first kappa shape index (κ1) is 18.3. The van der Waals surface area contributed by atoms with Crippen LogP contribution in [0.15, 0.2) is 97.1 Å². The zero-order chi connectivity index (χ0) is 19.5. The molecule has 0 N–H and O–H groups in total. The second-order valence-electron chi connectivity index (χ2n) is 6.50. The molecule has 4 rings (SSSR count). The van der Waals surface area contributed by atoms with Crippen LogP contribution in [0.5, 0.6) is 0 Å². The van der Waals surface area contributed by atoms with E-state index in [4.69, 9.17) is 0 Å². The van der Waals surface area contributed by atoms with Crippen molar-refractivity contribution in [2.24, 2.45) is 0 Å². The molecule has 0 saturated carbocycles. The number of hydrogen-bond donors (Lipinski definition) is 0. The summed E-state index contributed by atoms with van der Waals surface area (Å²) in [4.78, 5) is 0. The van der Waals surface area contributed by atoms with E-state index < -0.39 is 7.80 Å². The summed E-state index contributed by atoms with van der Waals surface area (Å²) in [6, 6.07) is 27.6. The smallest absolute Gasteiger partial charge is 0.131 e. The molecule has 0 unspecified atom stereocenters. The van der Waals surface area contributed by atoms with Crippen LogP contribution >= 0.6 is 7.80 Å². The Balaban J connectivity index is 1.54. The minimum Gasteiger partial charge on any atom is -0.317 e. The molecule has 4 heteroatoms. The highest BCUT2D eigenvalue weighted by Gasteiger charge is 2.08. The van der Waals surface area contributed by atoms with Crippen molar-refractivity contribution in [2.75, 3.05) is 0 Å². The summed E-state index contributed by atoms with van der Waals surface area (Å²) in [6.45, 7) is 0. The Labute approximate surface area is 163 Å². The quantitative estimate of drug-likeness (QED) is 0.402. The summed E-state index contributed by atoms with van der Waals surface area (Å²) in [6.07, 6.45) is 0. The van der Waals surface area contributed by atoms with Gasteiger partial charge in [0.2, 0.25) is 0 Å². The Morgan fingerprint density at radius 2 is 0.679 bits per heavy atom. The van der Waals surface area contributed by atoms with Crippen LogP contribution in [0.3, 0.4) is 0 Å². The van der Waals surface area contributed by atoms with Crippen LogP contribution in [-0.2, 0) is 4.57 Å². The van der Waals surface area contributed by atoms with E-state index in [1.165, 1.54) is 24.3 Å². The minimum atomic E-state index is -2.12. The number of rotatable bonds is 4. The van der Waals surface area contributed by atoms with Crippen LogP contribution in [0.2, 0.25) is 0 Å². The van der Waals surface area contributed by atoms with E-state index in [1.54, 1.807) is 24.3 Å². The zero-order valence-electron chi connectivity index (χ0n) is 14.9. The fourth-order valence-corrected chi connectivity index (χ4v) is 4.35. The third-order valence-electron chi connectivity index (χ3n) is 4.65. The first-order valence-electron chi connectivity index (χ1n) is 8.87. The van der Waals surface area contributed by atoms with Crippen molar-refractivity contribution >= 4 is 18.4 Å². The lowest BCUT2D eigenvalue weighted by atomic mass is 10.1. The molecule has 0 atom stereocenters. The van der Waals surface area contributed by atoms with E-state index in [0.717, 1.165) is 32.9 Å². The molecule has 0 heterocycles. The summed E-state index contributed by atoms with van der Waals surface area (Å²) in [5.41, 5.74) is 3.72. The Kier molecular flexibility index (Phi) is 5.18. The van der Waals surface area contributed by atoms with Gasteiger partial charge in [0.25, 0.3) is 0 Å². The van der Waals surface area contributed by atoms with Gasteiger partial charge in [-0.25, -0.2) is 8.78 Å². The van der Waals surface area contributed by atoms with Gasteiger partial charge in [-0.15, -0.1) is 0 Å². The van der Waals surface area contributed by atoms with Gasteiger partial charge in [-0.3, -0.25) is 0 Å². The lowest BCUT2D eigenvalue weighted by Crippen LogP contribution is -2.06. The van der Waals surface area contributed by atoms with Crippen molar-refractivity contribution < 1.29 is 13.3 Å². The molecule has 138 valence electrons. The average Bonchev–Trinajstić information content (AvgIpc) is 2.75. The standard InChI is InChI=1S/C24H17F2OP/c25-21-9-1-17(2-10-21)19-5-13-23(14-6-19)28(27)24-15-7-20(8-16-24)18-3-11-22(26)12-4-18/h1-16,28H. The van der Waals surface area contributed by atoms with Gasteiger partial charge in [-0.1, -0.05) is 72.8 Å². The fraction of sp³-hybridized carbons (Fsp3) is 0. The molecule has 4 aromatic rings. The molecule has 4 aromatic carbocycles. The van der Waals surface area contributed by atoms with Crippen molar-refractivity contribution in [1.29, 1.82) is 0 Å². The van der Waals surface area contributed by atoms with Gasteiger partial charge in [-0.05, 0) is 46.5 Å². The molecule has 0 bridgehead atoms. The fourth-order valence-electron chi connectivity index (χ4n) is 3.08.